The standard InChI is InChI=1S/C11H13ClN2O6S/c12-8-2-1-7(11(16)17)5-9(8)21(18,19)14-3-4-20-6-10(13)15/h1-2,5,14H,3-4,6H2,(H2,13,15)(H,16,17). The Kier molecular flexibility index (Phi) is 6.09. The number of aromatic carboxylic acids is 1. The number of ether oxygens (including phenoxy) is 1. The highest BCUT2D eigenvalue weighted by Crippen LogP contribution is 2.22. The maximum Gasteiger partial charge on any atom is 0.335 e. The molecule has 4 N–H and O–H groups in total. The normalized spacial score (nSPS) is 11.3. The summed E-state index contributed by atoms with van der Waals surface area (Å²) in [5.74, 6) is -1.94. The van der Waals surface area contributed by atoms with Crippen molar-refractivity contribution in [1.82, 2.24) is 4.72 Å². The summed E-state index contributed by atoms with van der Waals surface area (Å²) in [5, 5.41) is 8.74. The number of carboxylic acid groups (broad SMARTS) is 1. The number of rotatable bonds is 8. The summed E-state index contributed by atoms with van der Waals surface area (Å²) in [6.07, 6.45) is 0. The number of primary amides is 1. The number of nitrogens with two attached hydrogens (primary N) is 1. The highest BCUT2D eigenvalue weighted by molar-refractivity contribution is 7.89. The Bertz CT molecular complexity index is 646. The van der Waals surface area contributed by atoms with E-state index < -0.39 is 21.9 Å². The number of sulfonamides is 1. The molecule has 1 amide bonds. The molecule has 116 valence electrons. The molecule has 0 saturated heterocycles. The van der Waals surface area contributed by atoms with Crippen molar-refractivity contribution in [3.63, 3.8) is 0 Å². The van der Waals surface area contributed by atoms with Gasteiger partial charge < -0.3 is 15.6 Å². The quantitative estimate of drug-likeness (QED) is 0.563. The molecular formula is C11H13ClN2O6S. The summed E-state index contributed by atoms with van der Waals surface area (Å²) in [6.45, 7) is -0.515. The molecule has 21 heavy (non-hydrogen) atoms. The largest absolute Gasteiger partial charge is 0.478 e. The van der Waals surface area contributed by atoms with Gasteiger partial charge in [-0.1, -0.05) is 11.6 Å². The zero-order chi connectivity index (χ0) is 16.0. The van der Waals surface area contributed by atoms with E-state index in [-0.39, 0.29) is 35.2 Å². The Morgan fingerprint density at radius 1 is 1.38 bits per heavy atom. The summed E-state index contributed by atoms with van der Waals surface area (Å²) < 4.78 is 30.9. The van der Waals surface area contributed by atoms with E-state index in [1.54, 1.807) is 0 Å². The second-order valence-electron chi connectivity index (χ2n) is 3.87. The molecule has 10 heteroatoms. The average molecular weight is 337 g/mol. The summed E-state index contributed by atoms with van der Waals surface area (Å²) in [4.78, 5) is 20.9. The number of benzene rings is 1. The van der Waals surface area contributed by atoms with E-state index in [9.17, 15) is 18.0 Å². The number of halogens is 1. The number of nitrogens with one attached hydrogen (secondary N) is 1. The van der Waals surface area contributed by atoms with Crippen molar-refractivity contribution in [2.75, 3.05) is 19.8 Å². The summed E-state index contributed by atoms with van der Waals surface area (Å²) in [5.41, 5.74) is 4.64. The molecule has 1 aromatic rings. The Morgan fingerprint density at radius 3 is 2.62 bits per heavy atom. The SMILES string of the molecule is NC(=O)COCCNS(=O)(=O)c1cc(C(=O)O)ccc1Cl. The number of hydrogen-bond acceptors (Lipinski definition) is 5. The Morgan fingerprint density at radius 2 is 2.05 bits per heavy atom. The smallest absolute Gasteiger partial charge is 0.335 e. The van der Waals surface area contributed by atoms with Crippen LogP contribution in [0.3, 0.4) is 0 Å². The summed E-state index contributed by atoms with van der Waals surface area (Å²) in [6, 6.07) is 3.33. The van der Waals surface area contributed by atoms with Crippen LogP contribution in [0.15, 0.2) is 23.1 Å². The van der Waals surface area contributed by atoms with E-state index in [0.717, 1.165) is 6.07 Å². The van der Waals surface area contributed by atoms with Gasteiger partial charge in [0.25, 0.3) is 0 Å². The van der Waals surface area contributed by atoms with Crippen molar-refractivity contribution in [2.45, 2.75) is 4.90 Å². The molecular weight excluding hydrogens is 324 g/mol. The molecule has 0 heterocycles. The van der Waals surface area contributed by atoms with Gasteiger partial charge in [0.15, 0.2) is 0 Å². The van der Waals surface area contributed by atoms with Gasteiger partial charge in [-0.25, -0.2) is 17.9 Å². The molecule has 8 nitrogen and oxygen atoms in total. The van der Waals surface area contributed by atoms with Crippen LogP contribution in [0, 0.1) is 0 Å². The second kappa shape index (κ2) is 7.36. The third kappa shape index (κ3) is 5.31. The lowest BCUT2D eigenvalue weighted by atomic mass is 10.2. The fourth-order valence-corrected chi connectivity index (χ4v) is 2.88. The zero-order valence-corrected chi connectivity index (χ0v) is 12.3. The van der Waals surface area contributed by atoms with Gasteiger partial charge in [-0.3, -0.25) is 4.79 Å². The van der Waals surface area contributed by atoms with E-state index in [4.69, 9.17) is 27.2 Å². The molecule has 1 aromatic carbocycles. The Hall–Kier alpha value is -1.68. The molecule has 0 bridgehead atoms. The third-order valence-corrected chi connectivity index (χ3v) is 4.19. The highest BCUT2D eigenvalue weighted by atomic mass is 35.5. The van der Waals surface area contributed by atoms with Crippen LogP contribution < -0.4 is 10.5 Å². The fourth-order valence-electron chi connectivity index (χ4n) is 1.34. The molecule has 0 aliphatic rings. The van der Waals surface area contributed by atoms with Gasteiger partial charge in [-0.05, 0) is 18.2 Å². The third-order valence-electron chi connectivity index (χ3n) is 2.25. The Balaban J connectivity index is 2.76. The molecule has 1 rings (SSSR count). The van der Waals surface area contributed by atoms with E-state index in [2.05, 4.69) is 4.72 Å². The predicted octanol–water partition coefficient (Wildman–Crippen LogP) is -0.182. The van der Waals surface area contributed by atoms with Crippen molar-refractivity contribution in [2.24, 2.45) is 5.73 Å². The topological polar surface area (TPSA) is 136 Å². The first-order valence-electron chi connectivity index (χ1n) is 5.62. The van der Waals surface area contributed by atoms with Gasteiger partial charge in [0.2, 0.25) is 15.9 Å². The van der Waals surface area contributed by atoms with Crippen molar-refractivity contribution in [1.29, 1.82) is 0 Å². The molecule has 0 unspecified atom stereocenters. The lowest BCUT2D eigenvalue weighted by Crippen LogP contribution is -2.29. The van der Waals surface area contributed by atoms with Crippen LogP contribution in [0.2, 0.25) is 5.02 Å². The molecule has 0 saturated carbocycles. The average Bonchev–Trinajstić information content (AvgIpc) is 2.37. The van der Waals surface area contributed by atoms with Crippen molar-refractivity contribution < 1.29 is 27.9 Å². The molecule has 0 atom stereocenters. The van der Waals surface area contributed by atoms with Gasteiger partial charge >= 0.3 is 5.97 Å². The second-order valence-corrected chi connectivity index (χ2v) is 6.01. The first-order valence-corrected chi connectivity index (χ1v) is 7.48. The lowest BCUT2D eigenvalue weighted by molar-refractivity contribution is -0.122. The van der Waals surface area contributed by atoms with Crippen LogP contribution >= 0.6 is 11.6 Å². The molecule has 0 aromatic heterocycles. The van der Waals surface area contributed by atoms with Crippen molar-refractivity contribution in [3.8, 4) is 0 Å². The summed E-state index contributed by atoms with van der Waals surface area (Å²) in [7, 11) is -3.99. The van der Waals surface area contributed by atoms with Crippen LogP contribution in [0.4, 0.5) is 0 Å². The van der Waals surface area contributed by atoms with Gasteiger partial charge in [0.1, 0.15) is 11.5 Å². The molecule has 0 aliphatic carbocycles. The van der Waals surface area contributed by atoms with Gasteiger partial charge in [-0.15, -0.1) is 0 Å². The minimum atomic E-state index is -3.99. The molecule has 0 aliphatic heterocycles. The van der Waals surface area contributed by atoms with Crippen LogP contribution in [0.25, 0.3) is 0 Å². The number of carbonyl (C=O) groups excluding carboxylic acids is 1. The molecule has 0 radical (unpaired) electrons. The minimum absolute atomic E-state index is 0.0710. The van der Waals surface area contributed by atoms with Crippen LogP contribution in [-0.2, 0) is 19.6 Å². The monoisotopic (exact) mass is 336 g/mol. The van der Waals surface area contributed by atoms with Crippen molar-refractivity contribution in [3.05, 3.63) is 28.8 Å². The highest BCUT2D eigenvalue weighted by Gasteiger charge is 2.19. The Labute approximate surface area is 125 Å². The maximum absolute atomic E-state index is 12.0. The minimum Gasteiger partial charge on any atom is -0.478 e. The number of carboxylic acids is 1. The first kappa shape index (κ1) is 17.4. The predicted molar refractivity (Wildman–Crippen MR) is 73.6 cm³/mol. The number of hydrogen-bond donors (Lipinski definition) is 3. The van der Waals surface area contributed by atoms with Crippen LogP contribution in [-0.4, -0.2) is 45.2 Å². The van der Waals surface area contributed by atoms with E-state index >= 15 is 0 Å². The maximum atomic E-state index is 12.0. The molecule has 0 fully saturated rings. The number of amides is 1. The lowest BCUT2D eigenvalue weighted by Gasteiger charge is -2.09. The first-order chi connectivity index (χ1) is 9.74. The van der Waals surface area contributed by atoms with Crippen LogP contribution in [0.1, 0.15) is 10.4 Å². The van der Waals surface area contributed by atoms with E-state index in [1.165, 1.54) is 12.1 Å². The van der Waals surface area contributed by atoms with Crippen LogP contribution in [0.5, 0.6) is 0 Å². The van der Waals surface area contributed by atoms with Gasteiger partial charge in [0, 0.05) is 6.54 Å². The van der Waals surface area contributed by atoms with Gasteiger partial charge in [0.05, 0.1) is 17.2 Å². The fraction of sp³-hybridized carbons (Fsp3) is 0.273. The number of carbonyl (C=O) groups is 2. The van der Waals surface area contributed by atoms with E-state index in [1.807, 2.05) is 0 Å². The molecule has 0 spiro atoms. The van der Waals surface area contributed by atoms with Gasteiger partial charge in [-0.2, -0.15) is 0 Å². The van der Waals surface area contributed by atoms with E-state index in [0.29, 0.717) is 0 Å². The van der Waals surface area contributed by atoms with Crippen molar-refractivity contribution >= 4 is 33.5 Å². The summed E-state index contributed by atoms with van der Waals surface area (Å²) >= 11 is 5.76. The zero-order valence-electron chi connectivity index (χ0n) is 10.7.